The number of esters is 1. The maximum atomic E-state index is 11.1. The first-order valence-corrected chi connectivity index (χ1v) is 4.70. The number of carbonyl (C=O) groups excluding carboxylic acids is 1. The van der Waals surface area contributed by atoms with Crippen molar-refractivity contribution in [2.45, 2.75) is 26.8 Å². The Hall–Kier alpha value is -0.610. The molecule has 0 aliphatic rings. The van der Waals surface area contributed by atoms with Crippen LogP contribution in [0.4, 0.5) is 0 Å². The van der Waals surface area contributed by atoms with Gasteiger partial charge in [0.15, 0.2) is 0 Å². The van der Waals surface area contributed by atoms with Gasteiger partial charge in [0.1, 0.15) is 6.04 Å². The average molecular weight is 189 g/mol. The van der Waals surface area contributed by atoms with E-state index < -0.39 is 0 Å². The predicted octanol–water partition coefficient (Wildman–Crippen LogP) is 0.564. The van der Waals surface area contributed by atoms with Crippen LogP contribution >= 0.6 is 0 Å². The van der Waals surface area contributed by atoms with Crippen LogP contribution in [0.25, 0.3) is 0 Å². The quantitative estimate of drug-likeness (QED) is 0.469. The van der Waals surface area contributed by atoms with Crippen LogP contribution in [0, 0.1) is 0 Å². The molecule has 0 aromatic carbocycles. The highest BCUT2D eigenvalue weighted by Gasteiger charge is 2.11. The normalized spacial score (nSPS) is 12.5. The number of rotatable bonds is 7. The van der Waals surface area contributed by atoms with Gasteiger partial charge in [-0.3, -0.25) is 4.79 Å². The van der Waals surface area contributed by atoms with Gasteiger partial charge in [-0.2, -0.15) is 0 Å². The second kappa shape index (κ2) is 8.01. The van der Waals surface area contributed by atoms with Crippen molar-refractivity contribution in [3.63, 3.8) is 0 Å². The zero-order chi connectivity index (χ0) is 10.1. The summed E-state index contributed by atoms with van der Waals surface area (Å²) in [5.41, 5.74) is 0. The molecule has 0 aliphatic heterocycles. The maximum absolute atomic E-state index is 11.1. The van der Waals surface area contributed by atoms with Gasteiger partial charge >= 0.3 is 5.97 Å². The first-order valence-electron chi connectivity index (χ1n) is 4.70. The fourth-order valence-electron chi connectivity index (χ4n) is 0.843. The minimum Gasteiger partial charge on any atom is -0.465 e. The van der Waals surface area contributed by atoms with Crippen LogP contribution in [0.2, 0.25) is 0 Å². The molecule has 0 heterocycles. The third-order valence-corrected chi connectivity index (χ3v) is 1.54. The number of hydrogen-bond donors (Lipinski definition) is 1. The Balaban J connectivity index is 3.38. The Morgan fingerprint density at radius 1 is 1.38 bits per heavy atom. The summed E-state index contributed by atoms with van der Waals surface area (Å²) in [6, 6.07) is -0.250. The summed E-state index contributed by atoms with van der Waals surface area (Å²) >= 11 is 0. The molecule has 0 aromatic heterocycles. The van der Waals surface area contributed by atoms with Gasteiger partial charge in [-0.05, 0) is 20.8 Å². The van der Waals surface area contributed by atoms with E-state index in [2.05, 4.69) is 5.32 Å². The molecule has 0 bridgehead atoms. The van der Waals surface area contributed by atoms with Crippen molar-refractivity contribution in [3.05, 3.63) is 0 Å². The maximum Gasteiger partial charge on any atom is 0.322 e. The molecule has 0 aliphatic carbocycles. The summed E-state index contributed by atoms with van der Waals surface area (Å²) in [6.07, 6.45) is 0. The minimum atomic E-state index is -0.250. The third kappa shape index (κ3) is 6.54. The fraction of sp³-hybridized carbons (Fsp3) is 0.889. The zero-order valence-corrected chi connectivity index (χ0v) is 8.63. The van der Waals surface area contributed by atoms with Crippen molar-refractivity contribution >= 4 is 5.97 Å². The van der Waals surface area contributed by atoms with E-state index in [-0.39, 0.29) is 12.0 Å². The summed E-state index contributed by atoms with van der Waals surface area (Å²) in [6.45, 7) is 7.95. The lowest BCUT2D eigenvalue weighted by Gasteiger charge is -2.11. The zero-order valence-electron chi connectivity index (χ0n) is 8.63. The Morgan fingerprint density at radius 3 is 2.62 bits per heavy atom. The molecule has 13 heavy (non-hydrogen) atoms. The van der Waals surface area contributed by atoms with Crippen molar-refractivity contribution in [2.24, 2.45) is 0 Å². The molecule has 1 N–H and O–H groups in total. The highest BCUT2D eigenvalue weighted by Crippen LogP contribution is 1.87. The van der Waals surface area contributed by atoms with E-state index in [1.165, 1.54) is 0 Å². The lowest BCUT2D eigenvalue weighted by atomic mass is 10.3. The van der Waals surface area contributed by atoms with E-state index >= 15 is 0 Å². The molecular weight excluding hydrogens is 170 g/mol. The Kier molecular flexibility index (Phi) is 7.63. The van der Waals surface area contributed by atoms with Gasteiger partial charge in [0.25, 0.3) is 0 Å². The predicted molar refractivity (Wildman–Crippen MR) is 50.6 cm³/mol. The van der Waals surface area contributed by atoms with Crippen LogP contribution in [0.1, 0.15) is 20.8 Å². The van der Waals surface area contributed by atoms with E-state index in [1.54, 1.807) is 13.8 Å². The molecule has 0 radical (unpaired) electrons. The molecule has 0 amide bonds. The summed E-state index contributed by atoms with van der Waals surface area (Å²) in [4.78, 5) is 11.1. The minimum absolute atomic E-state index is 0.209. The molecule has 78 valence electrons. The van der Waals surface area contributed by atoms with E-state index in [0.717, 1.165) is 0 Å². The van der Waals surface area contributed by atoms with E-state index in [4.69, 9.17) is 9.47 Å². The summed E-state index contributed by atoms with van der Waals surface area (Å²) < 4.78 is 9.93. The molecule has 1 atom stereocenters. The fourth-order valence-corrected chi connectivity index (χ4v) is 0.843. The van der Waals surface area contributed by atoms with E-state index in [0.29, 0.717) is 26.4 Å². The second-order valence-electron chi connectivity index (χ2n) is 2.62. The van der Waals surface area contributed by atoms with Gasteiger partial charge in [0.2, 0.25) is 0 Å². The Morgan fingerprint density at radius 2 is 2.08 bits per heavy atom. The third-order valence-electron chi connectivity index (χ3n) is 1.54. The lowest BCUT2D eigenvalue weighted by Crippen LogP contribution is -2.37. The topological polar surface area (TPSA) is 47.6 Å². The van der Waals surface area contributed by atoms with Crippen molar-refractivity contribution in [2.75, 3.05) is 26.4 Å². The smallest absolute Gasteiger partial charge is 0.322 e. The molecule has 0 fully saturated rings. The van der Waals surface area contributed by atoms with Crippen LogP contribution in [0.3, 0.4) is 0 Å². The van der Waals surface area contributed by atoms with Crippen LogP contribution in [0.15, 0.2) is 0 Å². The lowest BCUT2D eigenvalue weighted by molar-refractivity contribution is -0.145. The number of hydrogen-bond acceptors (Lipinski definition) is 4. The summed E-state index contributed by atoms with van der Waals surface area (Å²) in [5.74, 6) is -0.209. The molecule has 0 saturated carbocycles. The van der Waals surface area contributed by atoms with Crippen molar-refractivity contribution < 1.29 is 14.3 Å². The van der Waals surface area contributed by atoms with Crippen molar-refractivity contribution in [1.29, 1.82) is 0 Å². The number of ether oxygens (including phenoxy) is 2. The highest BCUT2D eigenvalue weighted by molar-refractivity contribution is 5.75. The van der Waals surface area contributed by atoms with Gasteiger partial charge in [-0.25, -0.2) is 0 Å². The molecule has 1 unspecified atom stereocenters. The SMILES string of the molecule is CCOCCNC(C)C(=O)OCC. The number of nitrogens with one attached hydrogen (secondary N) is 1. The largest absolute Gasteiger partial charge is 0.465 e. The first kappa shape index (κ1) is 12.4. The van der Waals surface area contributed by atoms with Crippen LogP contribution < -0.4 is 5.32 Å². The Labute approximate surface area is 79.6 Å². The van der Waals surface area contributed by atoms with E-state index in [1.807, 2.05) is 6.92 Å². The second-order valence-corrected chi connectivity index (χ2v) is 2.62. The molecule has 0 spiro atoms. The molecule has 0 rings (SSSR count). The van der Waals surface area contributed by atoms with Gasteiger partial charge in [0.05, 0.1) is 13.2 Å². The Bertz CT molecular complexity index is 139. The standard InChI is InChI=1S/C9H19NO3/c1-4-12-7-6-10-8(3)9(11)13-5-2/h8,10H,4-7H2,1-3H3. The van der Waals surface area contributed by atoms with Crippen LogP contribution in [-0.2, 0) is 14.3 Å². The molecule has 4 heteroatoms. The molecule has 0 saturated heterocycles. The van der Waals surface area contributed by atoms with Gasteiger partial charge in [-0.15, -0.1) is 0 Å². The van der Waals surface area contributed by atoms with Gasteiger partial charge in [0, 0.05) is 13.2 Å². The van der Waals surface area contributed by atoms with Crippen molar-refractivity contribution in [1.82, 2.24) is 5.32 Å². The average Bonchev–Trinajstić information content (AvgIpc) is 2.12. The molecular formula is C9H19NO3. The highest BCUT2D eigenvalue weighted by atomic mass is 16.5. The molecule has 4 nitrogen and oxygen atoms in total. The van der Waals surface area contributed by atoms with Crippen LogP contribution in [0.5, 0.6) is 0 Å². The van der Waals surface area contributed by atoms with Crippen molar-refractivity contribution in [3.8, 4) is 0 Å². The first-order chi connectivity index (χ1) is 6.22. The number of carbonyl (C=O) groups is 1. The molecule has 0 aromatic rings. The van der Waals surface area contributed by atoms with E-state index in [9.17, 15) is 4.79 Å². The van der Waals surface area contributed by atoms with Gasteiger partial charge < -0.3 is 14.8 Å². The van der Waals surface area contributed by atoms with Gasteiger partial charge in [-0.1, -0.05) is 0 Å². The summed E-state index contributed by atoms with van der Waals surface area (Å²) in [7, 11) is 0. The summed E-state index contributed by atoms with van der Waals surface area (Å²) in [5, 5.41) is 3.00. The van der Waals surface area contributed by atoms with Crippen LogP contribution in [-0.4, -0.2) is 38.4 Å². The monoisotopic (exact) mass is 189 g/mol.